The molecule has 0 aliphatic carbocycles. The van der Waals surface area contributed by atoms with Crippen molar-refractivity contribution in [1.29, 1.82) is 0 Å². The van der Waals surface area contributed by atoms with E-state index in [0.717, 1.165) is 23.3 Å². The lowest BCUT2D eigenvalue weighted by atomic mass is 10.2. The number of hydrogen-bond donors (Lipinski definition) is 2. The molecule has 0 atom stereocenters. The van der Waals surface area contributed by atoms with E-state index in [1.165, 1.54) is 12.1 Å². The van der Waals surface area contributed by atoms with Crippen LogP contribution in [0.15, 0.2) is 48.5 Å². The molecule has 2 N–H and O–H groups in total. The van der Waals surface area contributed by atoms with E-state index in [1.807, 2.05) is 32.0 Å². The fourth-order valence-corrected chi connectivity index (χ4v) is 2.73. The molecule has 0 bridgehead atoms. The number of carbonyl (C=O) groups excluding carboxylic acids is 1. The highest BCUT2D eigenvalue weighted by Gasteiger charge is 2.11. The highest BCUT2D eigenvalue weighted by atomic mass is 35.5. The van der Waals surface area contributed by atoms with Crippen LogP contribution in [0.25, 0.3) is 0 Å². The molecule has 28 heavy (non-hydrogen) atoms. The number of nitrogens with zero attached hydrogens (tertiary/aromatic N) is 3. The van der Waals surface area contributed by atoms with Crippen LogP contribution in [-0.2, 0) is 0 Å². The average molecular weight is 400 g/mol. The number of amides is 1. The highest BCUT2D eigenvalue weighted by molar-refractivity contribution is 6.34. The van der Waals surface area contributed by atoms with Gasteiger partial charge in [-0.15, -0.1) is 0 Å². The Morgan fingerprint density at radius 3 is 2.36 bits per heavy atom. The number of nitrogens with one attached hydrogen (secondary N) is 2. The zero-order valence-electron chi connectivity index (χ0n) is 15.6. The molecule has 0 spiro atoms. The van der Waals surface area contributed by atoms with Crippen LogP contribution < -0.4 is 15.5 Å². The van der Waals surface area contributed by atoms with Crippen molar-refractivity contribution < 1.29 is 9.18 Å². The predicted octanol–water partition coefficient (Wildman–Crippen LogP) is 4.64. The molecular formula is C20H19ClFN5O. The molecule has 8 heteroatoms. The van der Waals surface area contributed by atoms with Gasteiger partial charge in [-0.1, -0.05) is 11.6 Å². The first kappa shape index (κ1) is 19.6. The minimum atomic E-state index is -0.493. The van der Waals surface area contributed by atoms with E-state index in [9.17, 15) is 9.18 Å². The molecule has 1 heterocycles. The van der Waals surface area contributed by atoms with Gasteiger partial charge in [0.15, 0.2) is 0 Å². The predicted molar refractivity (Wildman–Crippen MR) is 110 cm³/mol. The summed E-state index contributed by atoms with van der Waals surface area (Å²) in [7, 11) is 3.83. The van der Waals surface area contributed by atoms with Crippen LogP contribution in [0.3, 0.4) is 0 Å². The van der Waals surface area contributed by atoms with Crippen LogP contribution in [0.4, 0.5) is 27.5 Å². The zero-order chi connectivity index (χ0) is 20.3. The number of rotatable bonds is 5. The van der Waals surface area contributed by atoms with Gasteiger partial charge in [-0.25, -0.2) is 9.37 Å². The molecule has 144 valence electrons. The number of halogens is 2. The molecule has 6 nitrogen and oxygen atoms in total. The average Bonchev–Trinajstić information content (AvgIpc) is 2.62. The van der Waals surface area contributed by atoms with Crippen molar-refractivity contribution in [2.45, 2.75) is 6.92 Å². The summed E-state index contributed by atoms with van der Waals surface area (Å²) in [6, 6.07) is 12.6. The standard InChI is InChI=1S/C20H19ClFN5O/c1-12-10-18(27(2)3)26-20(23-12)25-15-7-5-14(6-8-15)24-19(28)16-9-4-13(22)11-17(16)21/h4-11H,1-3H3,(H,24,28)(H,23,25,26). The number of benzene rings is 2. The summed E-state index contributed by atoms with van der Waals surface area (Å²) < 4.78 is 13.1. The fraction of sp³-hybridized carbons (Fsp3) is 0.150. The fourth-order valence-electron chi connectivity index (χ4n) is 2.47. The van der Waals surface area contributed by atoms with Gasteiger partial charge in [0.1, 0.15) is 11.6 Å². The van der Waals surface area contributed by atoms with Crippen LogP contribution >= 0.6 is 11.6 Å². The first-order valence-corrected chi connectivity index (χ1v) is 8.86. The highest BCUT2D eigenvalue weighted by Crippen LogP contribution is 2.21. The van der Waals surface area contributed by atoms with Gasteiger partial charge in [-0.3, -0.25) is 4.79 Å². The summed E-state index contributed by atoms with van der Waals surface area (Å²) >= 11 is 5.93. The summed E-state index contributed by atoms with van der Waals surface area (Å²) in [5.41, 5.74) is 2.40. The minimum absolute atomic E-state index is 0.0593. The molecule has 0 radical (unpaired) electrons. The van der Waals surface area contributed by atoms with E-state index in [-0.39, 0.29) is 10.6 Å². The third-order valence-corrected chi connectivity index (χ3v) is 4.19. The normalized spacial score (nSPS) is 10.5. The molecule has 0 saturated carbocycles. The molecule has 3 rings (SSSR count). The van der Waals surface area contributed by atoms with Crippen molar-refractivity contribution in [2.75, 3.05) is 29.6 Å². The van der Waals surface area contributed by atoms with Gasteiger partial charge in [0.25, 0.3) is 5.91 Å². The first-order valence-electron chi connectivity index (χ1n) is 8.48. The third-order valence-electron chi connectivity index (χ3n) is 3.87. The van der Waals surface area contributed by atoms with Crippen molar-refractivity contribution in [2.24, 2.45) is 0 Å². The Bertz CT molecular complexity index is 1010. The van der Waals surface area contributed by atoms with Crippen molar-refractivity contribution in [3.8, 4) is 0 Å². The van der Waals surface area contributed by atoms with E-state index < -0.39 is 11.7 Å². The lowest BCUT2D eigenvalue weighted by Crippen LogP contribution is -2.13. The molecule has 1 amide bonds. The van der Waals surface area contributed by atoms with Gasteiger partial charge in [0.2, 0.25) is 5.95 Å². The number of anilines is 4. The Morgan fingerprint density at radius 1 is 1.04 bits per heavy atom. The van der Waals surface area contributed by atoms with Gasteiger partial charge < -0.3 is 15.5 Å². The Balaban J connectivity index is 1.71. The quantitative estimate of drug-likeness (QED) is 0.654. The van der Waals surface area contributed by atoms with E-state index in [0.29, 0.717) is 11.6 Å². The Morgan fingerprint density at radius 2 is 1.71 bits per heavy atom. The summed E-state index contributed by atoms with van der Waals surface area (Å²) in [4.78, 5) is 23.0. The van der Waals surface area contributed by atoms with E-state index in [1.54, 1.807) is 24.3 Å². The van der Waals surface area contributed by atoms with Gasteiger partial charge in [-0.05, 0) is 49.4 Å². The van der Waals surface area contributed by atoms with Crippen molar-refractivity contribution >= 4 is 40.6 Å². The second kappa shape index (κ2) is 8.22. The van der Waals surface area contributed by atoms with Crippen LogP contribution in [0.2, 0.25) is 5.02 Å². The molecule has 0 fully saturated rings. The largest absolute Gasteiger partial charge is 0.363 e. The second-order valence-electron chi connectivity index (χ2n) is 6.37. The van der Waals surface area contributed by atoms with Gasteiger partial charge in [-0.2, -0.15) is 4.98 Å². The van der Waals surface area contributed by atoms with E-state index >= 15 is 0 Å². The molecule has 0 aliphatic rings. The zero-order valence-corrected chi connectivity index (χ0v) is 16.4. The number of hydrogen-bond acceptors (Lipinski definition) is 5. The summed E-state index contributed by atoms with van der Waals surface area (Å²) in [6.07, 6.45) is 0. The third kappa shape index (κ3) is 4.75. The van der Waals surface area contributed by atoms with Gasteiger partial charge in [0.05, 0.1) is 10.6 Å². The Kier molecular flexibility index (Phi) is 5.75. The monoisotopic (exact) mass is 399 g/mol. The van der Waals surface area contributed by atoms with E-state index in [4.69, 9.17) is 11.6 Å². The van der Waals surface area contributed by atoms with Crippen LogP contribution in [0, 0.1) is 12.7 Å². The minimum Gasteiger partial charge on any atom is -0.363 e. The lowest BCUT2D eigenvalue weighted by Gasteiger charge is -2.14. The molecule has 0 aliphatic heterocycles. The molecule has 0 saturated heterocycles. The Hall–Kier alpha value is -3.19. The van der Waals surface area contributed by atoms with Gasteiger partial charge in [0, 0.05) is 37.2 Å². The summed E-state index contributed by atoms with van der Waals surface area (Å²) in [5, 5.41) is 5.93. The molecule has 0 unspecified atom stereocenters. The molecule has 2 aromatic carbocycles. The van der Waals surface area contributed by atoms with Crippen molar-refractivity contribution in [1.82, 2.24) is 9.97 Å². The molecular weight excluding hydrogens is 381 g/mol. The maximum Gasteiger partial charge on any atom is 0.257 e. The number of carbonyl (C=O) groups is 1. The van der Waals surface area contributed by atoms with Crippen LogP contribution in [0.5, 0.6) is 0 Å². The maximum absolute atomic E-state index is 13.1. The number of aromatic nitrogens is 2. The van der Waals surface area contributed by atoms with Crippen molar-refractivity contribution in [3.05, 3.63) is 70.6 Å². The first-order chi connectivity index (χ1) is 13.3. The summed E-state index contributed by atoms with van der Waals surface area (Å²) in [6.45, 7) is 1.90. The molecule has 1 aromatic heterocycles. The van der Waals surface area contributed by atoms with E-state index in [2.05, 4.69) is 20.6 Å². The molecule has 3 aromatic rings. The van der Waals surface area contributed by atoms with Crippen LogP contribution in [0.1, 0.15) is 16.1 Å². The lowest BCUT2D eigenvalue weighted by molar-refractivity contribution is 0.102. The smallest absolute Gasteiger partial charge is 0.257 e. The van der Waals surface area contributed by atoms with Gasteiger partial charge >= 0.3 is 0 Å². The topological polar surface area (TPSA) is 70.2 Å². The Labute approximate surface area is 167 Å². The SMILES string of the molecule is Cc1cc(N(C)C)nc(Nc2ccc(NC(=O)c3ccc(F)cc3Cl)cc2)n1. The van der Waals surface area contributed by atoms with Crippen molar-refractivity contribution in [3.63, 3.8) is 0 Å². The maximum atomic E-state index is 13.1. The second-order valence-corrected chi connectivity index (χ2v) is 6.77. The summed E-state index contributed by atoms with van der Waals surface area (Å²) in [5.74, 6) is 0.379. The number of aryl methyl sites for hydroxylation is 1. The van der Waals surface area contributed by atoms with Crippen LogP contribution in [-0.4, -0.2) is 30.0 Å².